The van der Waals surface area contributed by atoms with Crippen LogP contribution in [0.5, 0.6) is 0 Å². The van der Waals surface area contributed by atoms with E-state index in [2.05, 4.69) is 0 Å². The Morgan fingerprint density at radius 2 is 1.00 bits per heavy atom. The molecular weight excluding hydrogens is 237 g/mol. The molecule has 0 aromatic carbocycles. The molecule has 0 aliphatic heterocycles. The van der Waals surface area contributed by atoms with Crippen LogP contribution in [0.25, 0.3) is 0 Å². The van der Waals surface area contributed by atoms with Crippen molar-refractivity contribution >= 4 is 52.2 Å². The Morgan fingerprint density at radius 3 is 1.00 bits per heavy atom. The molecular formula is AlCuSiSn. The van der Waals surface area contributed by atoms with Crippen molar-refractivity contribution in [3.8, 4) is 0 Å². The Balaban J connectivity index is 0. The first kappa shape index (κ1) is 36.5. The summed E-state index contributed by atoms with van der Waals surface area (Å²) in [5.41, 5.74) is 0. The summed E-state index contributed by atoms with van der Waals surface area (Å²) < 4.78 is 0. The molecule has 0 unspecified atom stereocenters. The van der Waals surface area contributed by atoms with Crippen LogP contribution in [0.15, 0.2) is 0 Å². The smallest absolute Gasteiger partial charge is 0 e. The fourth-order valence-electron chi connectivity index (χ4n) is 0. The number of hydrogen-bond donors (Lipinski definition) is 0. The fraction of sp³-hybridized carbons (Fsp3) is 0. The molecule has 0 aromatic heterocycles. The monoisotopic (exact) mass is 238 g/mol. The molecule has 12 radical (unpaired) electrons. The standard InChI is InChI=1S/Al.Cu.Si.Sn. The molecule has 0 atom stereocenters. The van der Waals surface area contributed by atoms with Gasteiger partial charge in [0.1, 0.15) is 0 Å². The van der Waals surface area contributed by atoms with Crippen molar-refractivity contribution in [3.63, 3.8) is 0 Å². The summed E-state index contributed by atoms with van der Waals surface area (Å²) in [5.74, 6) is 0. The van der Waals surface area contributed by atoms with Gasteiger partial charge in [0.2, 0.25) is 0 Å². The maximum absolute atomic E-state index is 0. The summed E-state index contributed by atoms with van der Waals surface area (Å²) in [4.78, 5) is 0. The molecule has 0 heterocycles. The molecule has 0 amide bonds. The molecule has 22 valence electrons. The van der Waals surface area contributed by atoms with E-state index in [9.17, 15) is 0 Å². The zero-order valence-corrected chi connectivity index (χ0v) is 7.83. The van der Waals surface area contributed by atoms with Gasteiger partial charge in [0.15, 0.2) is 0 Å². The van der Waals surface area contributed by atoms with Crippen LogP contribution in [0, 0.1) is 0 Å². The van der Waals surface area contributed by atoms with Crippen molar-refractivity contribution in [1.29, 1.82) is 0 Å². The predicted octanol–water partition coefficient (Wildman–Crippen LogP) is -1.14. The van der Waals surface area contributed by atoms with Gasteiger partial charge in [-0.1, -0.05) is 0 Å². The molecule has 0 aliphatic rings. The first-order chi connectivity index (χ1) is 0. The van der Waals surface area contributed by atoms with Crippen LogP contribution in [0.4, 0.5) is 0 Å². The third-order valence-corrected chi connectivity index (χ3v) is 0. The van der Waals surface area contributed by atoms with Crippen LogP contribution in [0.2, 0.25) is 0 Å². The second-order valence-electron chi connectivity index (χ2n) is 0. The molecule has 0 N–H and O–H groups in total. The van der Waals surface area contributed by atoms with Gasteiger partial charge in [-0.15, -0.1) is 0 Å². The Morgan fingerprint density at radius 1 is 1.00 bits per heavy atom. The second kappa shape index (κ2) is 19.6. The third-order valence-electron chi connectivity index (χ3n) is 0. The average Bonchev–Trinajstić information content (AvgIpc) is 0. The summed E-state index contributed by atoms with van der Waals surface area (Å²) in [6.45, 7) is 0. The van der Waals surface area contributed by atoms with Gasteiger partial charge < -0.3 is 0 Å². The van der Waals surface area contributed by atoms with Gasteiger partial charge in [0, 0.05) is 69.3 Å². The number of rotatable bonds is 0. The minimum Gasteiger partial charge on any atom is 0 e. The Bertz CT molecular complexity index is 8.00. The normalized spacial score (nSPS) is 0. The van der Waals surface area contributed by atoms with E-state index in [0.29, 0.717) is 0 Å². The summed E-state index contributed by atoms with van der Waals surface area (Å²) >= 11 is 0. The van der Waals surface area contributed by atoms with Crippen molar-refractivity contribution in [3.05, 3.63) is 0 Å². The first-order valence-electron chi connectivity index (χ1n) is 0. The van der Waals surface area contributed by atoms with Crippen molar-refractivity contribution in [2.45, 2.75) is 0 Å². The van der Waals surface area contributed by atoms with E-state index in [1.807, 2.05) is 0 Å². The van der Waals surface area contributed by atoms with Gasteiger partial charge in [-0.05, 0) is 0 Å². The molecule has 0 aromatic rings. The summed E-state index contributed by atoms with van der Waals surface area (Å²) in [7, 11) is 0. The summed E-state index contributed by atoms with van der Waals surface area (Å²) in [6, 6.07) is 0. The van der Waals surface area contributed by atoms with Crippen molar-refractivity contribution in [1.82, 2.24) is 0 Å². The predicted molar refractivity (Wildman–Crippen MR) is 17.3 cm³/mol. The van der Waals surface area contributed by atoms with Crippen molar-refractivity contribution in [2.24, 2.45) is 0 Å². The molecule has 0 fully saturated rings. The Hall–Kier alpha value is 2.07. The van der Waals surface area contributed by atoms with Crippen molar-refractivity contribution < 1.29 is 17.1 Å². The van der Waals surface area contributed by atoms with Gasteiger partial charge in [-0.2, -0.15) is 0 Å². The number of hydrogen-bond acceptors (Lipinski definition) is 0. The van der Waals surface area contributed by atoms with Gasteiger partial charge in [0.05, 0.1) is 0 Å². The quantitative estimate of drug-likeness (QED) is 0.467. The van der Waals surface area contributed by atoms with Crippen LogP contribution in [-0.2, 0) is 17.1 Å². The average molecular weight is 237 g/mol. The minimum atomic E-state index is 0. The third kappa shape index (κ3) is 8.95. The van der Waals surface area contributed by atoms with E-state index in [1.165, 1.54) is 0 Å². The SMILES string of the molecule is [Al].[Cu].[Si].[Sn]. The molecule has 0 saturated carbocycles. The second-order valence-corrected chi connectivity index (χ2v) is 0. The maximum atomic E-state index is 0. The summed E-state index contributed by atoms with van der Waals surface area (Å²) in [6.07, 6.45) is 0. The minimum absolute atomic E-state index is 0. The molecule has 0 spiro atoms. The largest absolute Gasteiger partial charge is 0 e. The van der Waals surface area contributed by atoms with Crippen LogP contribution < -0.4 is 0 Å². The fourth-order valence-corrected chi connectivity index (χ4v) is 0. The van der Waals surface area contributed by atoms with Crippen LogP contribution >= 0.6 is 0 Å². The molecule has 4 heteroatoms. The maximum Gasteiger partial charge on any atom is 0 e. The molecule has 4 heavy (non-hydrogen) atoms. The van der Waals surface area contributed by atoms with E-state index < -0.39 is 0 Å². The molecule has 0 aliphatic carbocycles. The van der Waals surface area contributed by atoms with E-state index in [0.717, 1.165) is 0 Å². The van der Waals surface area contributed by atoms with Gasteiger partial charge >= 0.3 is 0 Å². The zero-order chi connectivity index (χ0) is 0. The Kier molecular flexibility index (Phi) is 179. The van der Waals surface area contributed by atoms with Crippen LogP contribution in [0.1, 0.15) is 0 Å². The van der Waals surface area contributed by atoms with E-state index in [4.69, 9.17) is 0 Å². The molecule has 0 bridgehead atoms. The van der Waals surface area contributed by atoms with Crippen LogP contribution in [0.3, 0.4) is 0 Å². The topological polar surface area (TPSA) is 0 Å². The van der Waals surface area contributed by atoms with E-state index in [-0.39, 0.29) is 69.3 Å². The van der Waals surface area contributed by atoms with Gasteiger partial charge in [0.25, 0.3) is 0 Å². The molecule has 0 rings (SSSR count). The molecule has 0 nitrogen and oxygen atoms in total. The van der Waals surface area contributed by atoms with Gasteiger partial charge in [-0.3, -0.25) is 0 Å². The van der Waals surface area contributed by atoms with Gasteiger partial charge in [-0.25, -0.2) is 0 Å². The van der Waals surface area contributed by atoms with E-state index in [1.54, 1.807) is 0 Å². The van der Waals surface area contributed by atoms with Crippen molar-refractivity contribution in [2.75, 3.05) is 0 Å². The van der Waals surface area contributed by atoms with Crippen LogP contribution in [-0.4, -0.2) is 52.2 Å². The Labute approximate surface area is 68.7 Å². The summed E-state index contributed by atoms with van der Waals surface area (Å²) in [5, 5.41) is 0. The zero-order valence-electron chi connectivity index (χ0n) is 1.88. The molecule has 0 saturated heterocycles. The van der Waals surface area contributed by atoms with E-state index >= 15 is 0 Å². The first-order valence-corrected chi connectivity index (χ1v) is 0.